The fourth-order valence-corrected chi connectivity index (χ4v) is 5.00. The van der Waals surface area contributed by atoms with Gasteiger partial charge in [-0.1, -0.05) is 56.5 Å². The molecule has 4 heteroatoms. The number of benzene rings is 2. The van der Waals surface area contributed by atoms with Gasteiger partial charge in [0, 0.05) is 18.2 Å². The highest BCUT2D eigenvalue weighted by Crippen LogP contribution is 2.37. The summed E-state index contributed by atoms with van der Waals surface area (Å²) in [5.41, 5.74) is 2.24. The Hall–Kier alpha value is -2.23. The van der Waals surface area contributed by atoms with Crippen LogP contribution in [0.4, 0.5) is 8.78 Å². The van der Waals surface area contributed by atoms with Crippen LogP contribution in [0.15, 0.2) is 53.6 Å². The van der Waals surface area contributed by atoms with Crippen molar-refractivity contribution in [3.05, 3.63) is 71.3 Å². The smallest absolute Gasteiger partial charge is 0.135 e. The summed E-state index contributed by atoms with van der Waals surface area (Å²) in [5, 5.41) is 7.07. The number of hydrogen-bond acceptors (Lipinski definition) is 2. The van der Waals surface area contributed by atoms with E-state index in [4.69, 9.17) is 5.10 Å². The SMILES string of the molecule is CCC1CCC(CN2N=C(c3ccc(F)cc3F)C(c3ccccc3)C2C)CC1. The Bertz CT molecular complexity index is 856. The summed E-state index contributed by atoms with van der Waals surface area (Å²) in [6.45, 7) is 5.37. The van der Waals surface area contributed by atoms with E-state index >= 15 is 0 Å². The summed E-state index contributed by atoms with van der Waals surface area (Å²) < 4.78 is 28.1. The average molecular weight is 397 g/mol. The lowest BCUT2D eigenvalue weighted by atomic mass is 9.80. The summed E-state index contributed by atoms with van der Waals surface area (Å²) in [4.78, 5) is 0. The number of hydrazone groups is 1. The number of halogens is 2. The lowest BCUT2D eigenvalue weighted by molar-refractivity contribution is 0.157. The number of nitrogens with zero attached hydrogens (tertiary/aromatic N) is 2. The van der Waals surface area contributed by atoms with Crippen molar-refractivity contribution in [2.45, 2.75) is 57.9 Å². The van der Waals surface area contributed by atoms with Gasteiger partial charge in [-0.05, 0) is 49.3 Å². The lowest BCUT2D eigenvalue weighted by Crippen LogP contribution is -2.34. The van der Waals surface area contributed by atoms with Crippen molar-refractivity contribution in [3.63, 3.8) is 0 Å². The predicted octanol–water partition coefficient (Wildman–Crippen LogP) is 6.37. The van der Waals surface area contributed by atoms with Gasteiger partial charge in [0.15, 0.2) is 0 Å². The Balaban J connectivity index is 1.62. The average Bonchev–Trinajstić information content (AvgIpc) is 3.05. The van der Waals surface area contributed by atoms with Gasteiger partial charge in [-0.2, -0.15) is 5.10 Å². The van der Waals surface area contributed by atoms with Crippen LogP contribution in [0.5, 0.6) is 0 Å². The van der Waals surface area contributed by atoms with E-state index in [2.05, 4.69) is 31.0 Å². The van der Waals surface area contributed by atoms with Crippen molar-refractivity contribution in [1.82, 2.24) is 5.01 Å². The Kier molecular flexibility index (Phi) is 5.98. The second-order valence-electron chi connectivity index (χ2n) is 8.66. The fraction of sp³-hybridized carbons (Fsp3) is 0.480. The minimum atomic E-state index is -0.557. The Morgan fingerprint density at radius 3 is 2.31 bits per heavy atom. The molecule has 1 fully saturated rings. The first-order valence-corrected chi connectivity index (χ1v) is 10.9. The maximum Gasteiger partial charge on any atom is 0.135 e. The molecule has 154 valence electrons. The molecule has 0 aromatic heterocycles. The second-order valence-corrected chi connectivity index (χ2v) is 8.66. The standard InChI is InChI=1S/C25H30F2N2/c1-3-18-9-11-19(12-10-18)16-29-17(2)24(20-7-5-4-6-8-20)25(28-29)22-14-13-21(26)15-23(22)27/h4-8,13-15,17-19,24H,3,9-12,16H2,1-2H3. The van der Waals surface area contributed by atoms with Crippen molar-refractivity contribution in [1.29, 1.82) is 0 Å². The Morgan fingerprint density at radius 1 is 0.966 bits per heavy atom. The van der Waals surface area contributed by atoms with Crippen LogP contribution >= 0.6 is 0 Å². The molecule has 2 aliphatic rings. The normalized spacial score (nSPS) is 27.2. The molecule has 29 heavy (non-hydrogen) atoms. The van der Waals surface area contributed by atoms with Crippen molar-refractivity contribution in [3.8, 4) is 0 Å². The van der Waals surface area contributed by atoms with E-state index in [-0.39, 0.29) is 12.0 Å². The zero-order valence-corrected chi connectivity index (χ0v) is 17.3. The summed E-state index contributed by atoms with van der Waals surface area (Å²) in [7, 11) is 0. The summed E-state index contributed by atoms with van der Waals surface area (Å²) >= 11 is 0. The van der Waals surface area contributed by atoms with Gasteiger partial charge in [0.1, 0.15) is 11.6 Å². The van der Waals surface area contributed by atoms with Crippen molar-refractivity contribution in [2.75, 3.05) is 6.54 Å². The van der Waals surface area contributed by atoms with Gasteiger partial charge in [0.2, 0.25) is 0 Å². The van der Waals surface area contributed by atoms with E-state index in [0.29, 0.717) is 17.2 Å². The molecule has 0 N–H and O–H groups in total. The second kappa shape index (κ2) is 8.64. The van der Waals surface area contributed by atoms with Crippen LogP contribution in [-0.4, -0.2) is 23.3 Å². The first-order valence-electron chi connectivity index (χ1n) is 10.9. The quantitative estimate of drug-likeness (QED) is 0.573. The van der Waals surface area contributed by atoms with Gasteiger partial charge < -0.3 is 0 Å². The van der Waals surface area contributed by atoms with Gasteiger partial charge in [-0.25, -0.2) is 8.78 Å². The van der Waals surface area contributed by atoms with Crippen LogP contribution in [0.25, 0.3) is 0 Å². The van der Waals surface area contributed by atoms with Crippen LogP contribution in [0.2, 0.25) is 0 Å². The van der Waals surface area contributed by atoms with E-state index in [0.717, 1.165) is 24.1 Å². The molecule has 0 spiro atoms. The van der Waals surface area contributed by atoms with E-state index in [1.165, 1.54) is 44.2 Å². The highest BCUT2D eigenvalue weighted by atomic mass is 19.1. The molecule has 1 heterocycles. The van der Waals surface area contributed by atoms with E-state index < -0.39 is 11.6 Å². The maximum atomic E-state index is 14.6. The van der Waals surface area contributed by atoms with Crippen LogP contribution < -0.4 is 0 Å². The third-order valence-corrected chi connectivity index (χ3v) is 6.84. The Labute approximate surface area is 172 Å². The molecular formula is C25H30F2N2. The van der Waals surface area contributed by atoms with Gasteiger partial charge in [-0.15, -0.1) is 0 Å². The van der Waals surface area contributed by atoms with Crippen molar-refractivity contribution >= 4 is 5.71 Å². The molecule has 2 nitrogen and oxygen atoms in total. The van der Waals surface area contributed by atoms with Crippen LogP contribution in [0.3, 0.4) is 0 Å². The minimum absolute atomic E-state index is 0.0249. The molecule has 4 rings (SSSR count). The molecule has 1 aliphatic heterocycles. The van der Waals surface area contributed by atoms with Gasteiger partial charge in [0.05, 0.1) is 17.7 Å². The molecule has 0 radical (unpaired) electrons. The highest BCUT2D eigenvalue weighted by molar-refractivity contribution is 6.06. The zero-order valence-electron chi connectivity index (χ0n) is 17.3. The van der Waals surface area contributed by atoms with Crippen LogP contribution in [0, 0.1) is 23.5 Å². The number of rotatable bonds is 5. The largest absolute Gasteiger partial charge is 0.293 e. The first-order chi connectivity index (χ1) is 14.1. The molecule has 0 bridgehead atoms. The van der Waals surface area contributed by atoms with Crippen molar-refractivity contribution in [2.24, 2.45) is 16.9 Å². The lowest BCUT2D eigenvalue weighted by Gasteiger charge is -2.32. The Morgan fingerprint density at radius 2 is 1.66 bits per heavy atom. The molecule has 1 saturated carbocycles. The fourth-order valence-electron chi connectivity index (χ4n) is 5.00. The zero-order chi connectivity index (χ0) is 20.4. The van der Waals surface area contributed by atoms with Gasteiger partial charge in [-0.3, -0.25) is 5.01 Å². The van der Waals surface area contributed by atoms with E-state index in [1.807, 2.05) is 18.2 Å². The molecule has 2 aromatic carbocycles. The van der Waals surface area contributed by atoms with E-state index in [1.54, 1.807) is 0 Å². The number of hydrogen-bond donors (Lipinski definition) is 0. The van der Waals surface area contributed by atoms with Gasteiger partial charge in [0.25, 0.3) is 0 Å². The molecular weight excluding hydrogens is 366 g/mol. The summed E-state index contributed by atoms with van der Waals surface area (Å²) in [5.74, 6) is 0.383. The molecule has 2 unspecified atom stereocenters. The first kappa shape index (κ1) is 20.1. The molecule has 1 aliphatic carbocycles. The van der Waals surface area contributed by atoms with Gasteiger partial charge >= 0.3 is 0 Å². The maximum absolute atomic E-state index is 14.6. The predicted molar refractivity (Wildman–Crippen MR) is 114 cm³/mol. The molecule has 2 aromatic rings. The topological polar surface area (TPSA) is 15.6 Å². The molecule has 0 saturated heterocycles. The molecule has 0 amide bonds. The third-order valence-electron chi connectivity index (χ3n) is 6.84. The summed E-state index contributed by atoms with van der Waals surface area (Å²) in [6.07, 6.45) is 6.36. The molecule has 2 atom stereocenters. The van der Waals surface area contributed by atoms with Crippen LogP contribution in [-0.2, 0) is 0 Å². The summed E-state index contributed by atoms with van der Waals surface area (Å²) in [6, 6.07) is 14.1. The third kappa shape index (κ3) is 4.22. The van der Waals surface area contributed by atoms with Crippen LogP contribution in [0.1, 0.15) is 63.0 Å². The highest BCUT2D eigenvalue weighted by Gasteiger charge is 2.38. The van der Waals surface area contributed by atoms with E-state index in [9.17, 15) is 8.78 Å². The minimum Gasteiger partial charge on any atom is -0.293 e. The monoisotopic (exact) mass is 396 g/mol. The van der Waals surface area contributed by atoms with Crippen molar-refractivity contribution < 1.29 is 8.78 Å².